The third kappa shape index (κ3) is 4.02. The van der Waals surface area contributed by atoms with Gasteiger partial charge in [0.25, 0.3) is 0 Å². The molecule has 3 rings (SSSR count). The van der Waals surface area contributed by atoms with Gasteiger partial charge in [-0.2, -0.15) is 0 Å². The summed E-state index contributed by atoms with van der Waals surface area (Å²) in [6, 6.07) is 0. The number of nitrogens with one attached hydrogen (secondary N) is 1. The van der Waals surface area contributed by atoms with E-state index in [1.165, 1.54) is 33.4 Å². The van der Waals surface area contributed by atoms with Gasteiger partial charge < -0.3 is 23.9 Å². The molecule has 0 bridgehead atoms. The minimum atomic E-state index is -1.01. The standard InChI is InChI=1S/C16H18N4O7S/c1-7(21)24-4-10-12(25-8(2)22)13(26-9(3)23)16(27-10)20-6-19-11-14(20)17-5-18-15(11)28/h5-6,10,12-13,16H,4H2,1-3H3,(H,17,18,28). The van der Waals surface area contributed by atoms with Crippen LogP contribution in [0.2, 0.25) is 0 Å². The van der Waals surface area contributed by atoms with E-state index >= 15 is 0 Å². The molecule has 0 radical (unpaired) electrons. The van der Waals surface area contributed by atoms with Crippen LogP contribution in [-0.4, -0.2) is 62.3 Å². The number of hydrogen-bond acceptors (Lipinski definition) is 10. The molecule has 1 aliphatic heterocycles. The Labute approximate surface area is 163 Å². The Morgan fingerprint density at radius 3 is 2.46 bits per heavy atom. The Balaban J connectivity index is 2.02. The zero-order valence-electron chi connectivity index (χ0n) is 15.3. The Morgan fingerprint density at radius 1 is 1.14 bits per heavy atom. The van der Waals surface area contributed by atoms with Crippen molar-refractivity contribution in [2.45, 2.75) is 45.3 Å². The molecule has 4 unspecified atom stereocenters. The van der Waals surface area contributed by atoms with Gasteiger partial charge in [-0.25, -0.2) is 9.97 Å². The molecule has 2 aromatic rings. The Morgan fingerprint density at radius 2 is 1.82 bits per heavy atom. The van der Waals surface area contributed by atoms with E-state index in [0.717, 1.165) is 0 Å². The van der Waals surface area contributed by atoms with E-state index < -0.39 is 42.4 Å². The number of aromatic amines is 1. The van der Waals surface area contributed by atoms with Crippen LogP contribution < -0.4 is 0 Å². The SMILES string of the molecule is CC(=O)OCC1OC(n2cnc3c(=S)nc[nH]c32)C(OC(C)=O)C1OC(C)=O. The lowest BCUT2D eigenvalue weighted by Crippen LogP contribution is -2.40. The second kappa shape index (κ2) is 8.02. The Kier molecular flexibility index (Phi) is 5.70. The molecule has 4 atom stereocenters. The molecule has 0 spiro atoms. The smallest absolute Gasteiger partial charge is 0.303 e. The molecule has 0 amide bonds. The number of carbonyl (C=O) groups excluding carboxylic acids is 3. The first-order chi connectivity index (χ1) is 13.3. The van der Waals surface area contributed by atoms with Crippen LogP contribution in [0.3, 0.4) is 0 Å². The zero-order valence-corrected chi connectivity index (χ0v) is 16.1. The quantitative estimate of drug-likeness (QED) is 0.428. The molecular weight excluding hydrogens is 392 g/mol. The van der Waals surface area contributed by atoms with Gasteiger partial charge in [0.05, 0.1) is 12.7 Å². The molecule has 2 aromatic heterocycles. The fraction of sp³-hybridized carbons (Fsp3) is 0.500. The highest BCUT2D eigenvalue weighted by Gasteiger charge is 2.50. The molecule has 1 N–H and O–H groups in total. The summed E-state index contributed by atoms with van der Waals surface area (Å²) < 4.78 is 23.5. The van der Waals surface area contributed by atoms with Crippen molar-refractivity contribution in [3.8, 4) is 0 Å². The summed E-state index contributed by atoms with van der Waals surface area (Å²) in [5.41, 5.74) is 0.909. The van der Waals surface area contributed by atoms with Gasteiger partial charge in [0, 0.05) is 20.8 Å². The monoisotopic (exact) mass is 410 g/mol. The summed E-state index contributed by atoms with van der Waals surface area (Å²) in [5, 5.41) is 0. The van der Waals surface area contributed by atoms with Crippen molar-refractivity contribution in [1.29, 1.82) is 0 Å². The lowest BCUT2D eigenvalue weighted by atomic mass is 10.1. The number of aromatic nitrogens is 4. The van der Waals surface area contributed by atoms with Gasteiger partial charge in [-0.3, -0.25) is 19.0 Å². The topological polar surface area (TPSA) is 135 Å². The number of carbonyl (C=O) groups is 3. The van der Waals surface area contributed by atoms with E-state index in [9.17, 15) is 14.4 Å². The number of ether oxygens (including phenoxy) is 4. The largest absolute Gasteiger partial charge is 0.463 e. The lowest BCUT2D eigenvalue weighted by molar-refractivity contribution is -0.166. The second-order valence-corrected chi connectivity index (χ2v) is 6.46. The highest BCUT2D eigenvalue weighted by molar-refractivity contribution is 7.71. The van der Waals surface area contributed by atoms with Crippen molar-refractivity contribution in [2.24, 2.45) is 0 Å². The van der Waals surface area contributed by atoms with Gasteiger partial charge in [0.1, 0.15) is 23.9 Å². The van der Waals surface area contributed by atoms with Crippen molar-refractivity contribution in [1.82, 2.24) is 19.5 Å². The third-order valence-corrected chi connectivity index (χ3v) is 4.29. The van der Waals surface area contributed by atoms with E-state index in [2.05, 4.69) is 15.0 Å². The summed E-state index contributed by atoms with van der Waals surface area (Å²) in [6.07, 6.45) is -0.920. The van der Waals surface area contributed by atoms with Crippen LogP contribution in [0.5, 0.6) is 0 Å². The summed E-state index contributed by atoms with van der Waals surface area (Å²) in [4.78, 5) is 45.6. The highest BCUT2D eigenvalue weighted by Crippen LogP contribution is 2.35. The van der Waals surface area contributed by atoms with Gasteiger partial charge in [0.2, 0.25) is 0 Å². The van der Waals surface area contributed by atoms with Crippen LogP contribution in [0.25, 0.3) is 11.2 Å². The van der Waals surface area contributed by atoms with Crippen molar-refractivity contribution >= 4 is 41.3 Å². The number of hydrogen-bond donors (Lipinski definition) is 1. The second-order valence-electron chi connectivity index (χ2n) is 6.07. The predicted molar refractivity (Wildman–Crippen MR) is 94.4 cm³/mol. The number of fused-ring (bicyclic) bond motifs is 1. The van der Waals surface area contributed by atoms with Crippen LogP contribution in [0.15, 0.2) is 12.7 Å². The molecule has 0 aromatic carbocycles. The molecule has 28 heavy (non-hydrogen) atoms. The van der Waals surface area contributed by atoms with Crippen molar-refractivity contribution in [2.75, 3.05) is 6.61 Å². The van der Waals surface area contributed by atoms with Crippen LogP contribution in [-0.2, 0) is 33.3 Å². The number of esters is 3. The Bertz CT molecular complexity index is 971. The molecule has 0 aliphatic carbocycles. The first-order valence-corrected chi connectivity index (χ1v) is 8.72. The maximum absolute atomic E-state index is 11.7. The third-order valence-electron chi connectivity index (χ3n) is 3.99. The minimum absolute atomic E-state index is 0.189. The molecule has 11 nitrogen and oxygen atoms in total. The molecule has 12 heteroatoms. The van der Waals surface area contributed by atoms with E-state index in [-0.39, 0.29) is 11.2 Å². The number of nitrogens with zero attached hydrogens (tertiary/aromatic N) is 3. The predicted octanol–water partition coefficient (Wildman–Crippen LogP) is 0.813. The lowest BCUT2D eigenvalue weighted by Gasteiger charge is -2.23. The number of H-pyrrole nitrogens is 1. The van der Waals surface area contributed by atoms with Gasteiger partial charge in [-0.15, -0.1) is 0 Å². The molecule has 1 fully saturated rings. The minimum Gasteiger partial charge on any atom is -0.463 e. The fourth-order valence-corrected chi connectivity index (χ4v) is 3.19. The van der Waals surface area contributed by atoms with Crippen LogP contribution in [0.4, 0.5) is 0 Å². The molecule has 1 saturated heterocycles. The zero-order chi connectivity index (χ0) is 20.4. The first kappa shape index (κ1) is 19.9. The van der Waals surface area contributed by atoms with Gasteiger partial charge in [0.15, 0.2) is 23.1 Å². The molecular formula is C16H18N4O7S. The Hall–Kier alpha value is -2.86. The van der Waals surface area contributed by atoms with Gasteiger partial charge >= 0.3 is 17.9 Å². The van der Waals surface area contributed by atoms with Gasteiger partial charge in [-0.05, 0) is 0 Å². The van der Waals surface area contributed by atoms with Crippen molar-refractivity contribution in [3.63, 3.8) is 0 Å². The van der Waals surface area contributed by atoms with Crippen LogP contribution in [0, 0.1) is 4.64 Å². The van der Waals surface area contributed by atoms with Gasteiger partial charge in [-0.1, -0.05) is 12.2 Å². The number of rotatable bonds is 5. The van der Waals surface area contributed by atoms with Crippen molar-refractivity contribution in [3.05, 3.63) is 17.3 Å². The average molecular weight is 410 g/mol. The first-order valence-electron chi connectivity index (χ1n) is 8.31. The highest BCUT2D eigenvalue weighted by atomic mass is 32.1. The summed E-state index contributed by atoms with van der Waals surface area (Å²) in [5.74, 6) is -1.72. The summed E-state index contributed by atoms with van der Waals surface area (Å²) >= 11 is 5.15. The fourth-order valence-electron chi connectivity index (χ4n) is 2.98. The molecule has 150 valence electrons. The maximum Gasteiger partial charge on any atom is 0.303 e. The number of imidazole rings is 1. The summed E-state index contributed by atoms with van der Waals surface area (Å²) in [6.45, 7) is 3.50. The molecule has 0 saturated carbocycles. The maximum atomic E-state index is 11.7. The van der Waals surface area contributed by atoms with Crippen LogP contribution in [0.1, 0.15) is 27.0 Å². The summed E-state index contributed by atoms with van der Waals surface area (Å²) in [7, 11) is 0. The van der Waals surface area contributed by atoms with E-state index in [4.69, 9.17) is 31.2 Å². The van der Waals surface area contributed by atoms with E-state index in [0.29, 0.717) is 11.2 Å². The molecule has 1 aliphatic rings. The van der Waals surface area contributed by atoms with E-state index in [1.807, 2.05) is 0 Å². The van der Waals surface area contributed by atoms with Crippen LogP contribution >= 0.6 is 12.2 Å². The average Bonchev–Trinajstić information content (AvgIpc) is 3.16. The molecule has 3 heterocycles. The normalized spacial score (nSPS) is 24.1. The van der Waals surface area contributed by atoms with E-state index in [1.54, 1.807) is 4.57 Å². The van der Waals surface area contributed by atoms with Crippen molar-refractivity contribution < 1.29 is 33.3 Å².